The summed E-state index contributed by atoms with van der Waals surface area (Å²) in [4.78, 5) is 27.7. The van der Waals surface area contributed by atoms with Gasteiger partial charge < -0.3 is 15.4 Å². The Kier molecular flexibility index (Phi) is 5.92. The zero-order valence-corrected chi connectivity index (χ0v) is 13.6. The van der Waals surface area contributed by atoms with Crippen molar-refractivity contribution in [2.75, 3.05) is 24.4 Å². The summed E-state index contributed by atoms with van der Waals surface area (Å²) in [6.07, 6.45) is 1.45. The molecule has 0 spiro atoms. The first kappa shape index (κ1) is 17.2. The third kappa shape index (κ3) is 4.66. The largest absolute Gasteiger partial charge is 0.375 e. The fourth-order valence-electron chi connectivity index (χ4n) is 1.80. The number of anilines is 2. The van der Waals surface area contributed by atoms with Crippen molar-refractivity contribution in [3.8, 4) is 0 Å². The second-order valence-electron chi connectivity index (χ2n) is 4.46. The van der Waals surface area contributed by atoms with Gasteiger partial charge >= 0.3 is 0 Å². The molecule has 0 saturated carbocycles. The molecule has 2 rings (SSSR count). The minimum atomic E-state index is -0.457. The topological polar surface area (TPSA) is 80.3 Å². The monoisotopic (exact) mass is 353 g/mol. The van der Waals surface area contributed by atoms with Crippen LogP contribution in [-0.4, -0.2) is 30.5 Å². The second kappa shape index (κ2) is 7.92. The maximum Gasteiger partial charge on any atom is 0.258 e. The zero-order chi connectivity index (χ0) is 16.8. The standard InChI is InChI=1S/C15H13Cl2N3O3/c1-23-8-13(21)20-12-7-9(5-6-18-12)19-15(22)14-10(16)3-2-4-11(14)17/h2-7H,8H2,1H3,(H2,18,19,20,21,22). The van der Waals surface area contributed by atoms with Crippen molar-refractivity contribution in [3.63, 3.8) is 0 Å². The van der Waals surface area contributed by atoms with Crippen LogP contribution in [0, 0.1) is 0 Å². The number of rotatable bonds is 5. The van der Waals surface area contributed by atoms with Gasteiger partial charge in [-0.25, -0.2) is 4.98 Å². The van der Waals surface area contributed by atoms with Gasteiger partial charge in [-0.15, -0.1) is 0 Å². The summed E-state index contributed by atoms with van der Waals surface area (Å²) in [6, 6.07) is 7.89. The van der Waals surface area contributed by atoms with E-state index in [2.05, 4.69) is 15.6 Å². The Labute approximate surface area is 142 Å². The third-order valence-corrected chi connectivity index (χ3v) is 3.38. The molecule has 120 valence electrons. The highest BCUT2D eigenvalue weighted by atomic mass is 35.5. The number of halogens is 2. The van der Waals surface area contributed by atoms with E-state index >= 15 is 0 Å². The number of carbonyl (C=O) groups excluding carboxylic acids is 2. The molecule has 1 heterocycles. The molecule has 2 amide bonds. The summed E-state index contributed by atoms with van der Waals surface area (Å²) in [5.41, 5.74) is 0.617. The van der Waals surface area contributed by atoms with Crippen molar-refractivity contribution in [1.29, 1.82) is 0 Å². The van der Waals surface area contributed by atoms with Crippen LogP contribution in [0.2, 0.25) is 10.0 Å². The van der Waals surface area contributed by atoms with E-state index < -0.39 is 5.91 Å². The smallest absolute Gasteiger partial charge is 0.258 e. The Bertz CT molecular complexity index is 717. The Hall–Kier alpha value is -2.15. The van der Waals surface area contributed by atoms with Crippen LogP contribution in [0.15, 0.2) is 36.5 Å². The van der Waals surface area contributed by atoms with Crippen LogP contribution < -0.4 is 10.6 Å². The van der Waals surface area contributed by atoms with Gasteiger partial charge in [-0.3, -0.25) is 9.59 Å². The molecule has 0 aliphatic heterocycles. The number of ether oxygens (including phenoxy) is 1. The molecular formula is C15H13Cl2N3O3. The van der Waals surface area contributed by atoms with E-state index in [1.54, 1.807) is 24.3 Å². The van der Waals surface area contributed by atoms with Gasteiger partial charge in [0.25, 0.3) is 11.8 Å². The van der Waals surface area contributed by atoms with Crippen LogP contribution in [0.1, 0.15) is 10.4 Å². The van der Waals surface area contributed by atoms with E-state index in [4.69, 9.17) is 27.9 Å². The first-order chi connectivity index (χ1) is 11.0. The SMILES string of the molecule is COCC(=O)Nc1cc(NC(=O)c2c(Cl)cccc2Cl)ccn1. The minimum Gasteiger partial charge on any atom is -0.375 e. The van der Waals surface area contributed by atoms with Gasteiger partial charge in [-0.2, -0.15) is 0 Å². The van der Waals surface area contributed by atoms with Crippen LogP contribution in [0.3, 0.4) is 0 Å². The third-order valence-electron chi connectivity index (χ3n) is 2.75. The summed E-state index contributed by atoms with van der Waals surface area (Å²) in [5, 5.41) is 5.69. The van der Waals surface area contributed by atoms with Crippen molar-refractivity contribution in [2.24, 2.45) is 0 Å². The average molecular weight is 354 g/mol. The molecule has 6 nitrogen and oxygen atoms in total. The molecule has 0 fully saturated rings. The Balaban J connectivity index is 2.14. The molecule has 0 aliphatic rings. The number of hydrogen-bond donors (Lipinski definition) is 2. The number of methoxy groups -OCH3 is 1. The Morgan fingerprint density at radius 3 is 2.52 bits per heavy atom. The minimum absolute atomic E-state index is 0.0898. The Morgan fingerprint density at radius 1 is 1.17 bits per heavy atom. The average Bonchev–Trinajstić information content (AvgIpc) is 2.47. The molecule has 0 radical (unpaired) electrons. The lowest BCUT2D eigenvalue weighted by molar-refractivity contribution is -0.119. The molecule has 0 saturated heterocycles. The molecule has 1 aromatic heterocycles. The second-order valence-corrected chi connectivity index (χ2v) is 5.28. The first-order valence-electron chi connectivity index (χ1n) is 6.51. The molecule has 8 heteroatoms. The first-order valence-corrected chi connectivity index (χ1v) is 7.27. The lowest BCUT2D eigenvalue weighted by atomic mass is 10.2. The van der Waals surface area contributed by atoms with Crippen molar-refractivity contribution in [3.05, 3.63) is 52.1 Å². The Morgan fingerprint density at radius 2 is 1.87 bits per heavy atom. The molecule has 0 bridgehead atoms. The number of benzene rings is 1. The van der Waals surface area contributed by atoms with Crippen molar-refractivity contribution in [2.45, 2.75) is 0 Å². The van der Waals surface area contributed by atoms with E-state index in [0.717, 1.165) is 0 Å². The van der Waals surface area contributed by atoms with E-state index in [0.29, 0.717) is 5.69 Å². The predicted molar refractivity (Wildman–Crippen MR) is 89.2 cm³/mol. The fraction of sp³-hybridized carbons (Fsp3) is 0.133. The summed E-state index contributed by atoms with van der Waals surface area (Å²) in [7, 11) is 1.41. The normalized spacial score (nSPS) is 10.2. The summed E-state index contributed by atoms with van der Waals surface area (Å²) in [6.45, 7) is -0.0898. The van der Waals surface area contributed by atoms with E-state index in [-0.39, 0.29) is 33.9 Å². The van der Waals surface area contributed by atoms with Gasteiger partial charge in [0, 0.05) is 25.1 Å². The highest BCUT2D eigenvalue weighted by Gasteiger charge is 2.15. The van der Waals surface area contributed by atoms with Crippen molar-refractivity contribution >= 4 is 46.5 Å². The maximum absolute atomic E-state index is 12.3. The van der Waals surface area contributed by atoms with E-state index in [1.807, 2.05) is 0 Å². The molecule has 0 aliphatic carbocycles. The van der Waals surface area contributed by atoms with Gasteiger partial charge in [-0.05, 0) is 18.2 Å². The molecular weight excluding hydrogens is 341 g/mol. The highest BCUT2D eigenvalue weighted by molar-refractivity contribution is 6.40. The van der Waals surface area contributed by atoms with Gasteiger partial charge in [0.1, 0.15) is 12.4 Å². The lowest BCUT2D eigenvalue weighted by Gasteiger charge is -2.10. The molecule has 2 N–H and O–H groups in total. The van der Waals surface area contributed by atoms with E-state index in [1.165, 1.54) is 19.4 Å². The molecule has 0 unspecified atom stereocenters. The van der Waals surface area contributed by atoms with Crippen LogP contribution in [-0.2, 0) is 9.53 Å². The number of aromatic nitrogens is 1. The molecule has 0 atom stereocenters. The van der Waals surface area contributed by atoms with Crippen molar-refractivity contribution in [1.82, 2.24) is 4.98 Å². The number of amides is 2. The number of nitrogens with zero attached hydrogens (tertiary/aromatic N) is 1. The maximum atomic E-state index is 12.3. The highest BCUT2D eigenvalue weighted by Crippen LogP contribution is 2.25. The van der Waals surface area contributed by atoms with Crippen LogP contribution in [0.4, 0.5) is 11.5 Å². The predicted octanol–water partition coefficient (Wildman–Crippen LogP) is 3.23. The molecule has 2 aromatic rings. The summed E-state index contributed by atoms with van der Waals surface area (Å²) >= 11 is 12.0. The van der Waals surface area contributed by atoms with Gasteiger partial charge in [0.2, 0.25) is 0 Å². The molecule has 1 aromatic carbocycles. The number of pyridine rings is 1. The lowest BCUT2D eigenvalue weighted by Crippen LogP contribution is -2.18. The zero-order valence-electron chi connectivity index (χ0n) is 12.1. The van der Waals surface area contributed by atoms with E-state index in [9.17, 15) is 9.59 Å². The van der Waals surface area contributed by atoms with Gasteiger partial charge in [-0.1, -0.05) is 29.3 Å². The van der Waals surface area contributed by atoms with Crippen molar-refractivity contribution < 1.29 is 14.3 Å². The van der Waals surface area contributed by atoms with Gasteiger partial charge in [0.15, 0.2) is 0 Å². The van der Waals surface area contributed by atoms with Crippen LogP contribution in [0.25, 0.3) is 0 Å². The number of nitrogens with one attached hydrogen (secondary N) is 2. The number of hydrogen-bond acceptors (Lipinski definition) is 4. The van der Waals surface area contributed by atoms with Crippen LogP contribution in [0.5, 0.6) is 0 Å². The fourth-order valence-corrected chi connectivity index (χ4v) is 2.36. The number of carbonyl (C=O) groups is 2. The summed E-state index contributed by atoms with van der Waals surface area (Å²) < 4.78 is 4.72. The van der Waals surface area contributed by atoms with Gasteiger partial charge in [0.05, 0.1) is 15.6 Å². The quantitative estimate of drug-likeness (QED) is 0.864. The summed E-state index contributed by atoms with van der Waals surface area (Å²) in [5.74, 6) is -0.520. The van der Waals surface area contributed by atoms with Crippen LogP contribution >= 0.6 is 23.2 Å². The molecule has 23 heavy (non-hydrogen) atoms.